The molecule has 3 rings (SSSR count). The molecule has 0 aliphatic heterocycles. The van der Waals surface area contributed by atoms with E-state index < -0.39 is 0 Å². The summed E-state index contributed by atoms with van der Waals surface area (Å²) in [6, 6.07) is 9.93. The Bertz CT molecular complexity index is 880. The third-order valence-electron chi connectivity index (χ3n) is 3.57. The molecule has 1 N–H and O–H groups in total. The Kier molecular flexibility index (Phi) is 4.97. The lowest BCUT2D eigenvalue weighted by molar-refractivity contribution is -0.111. The number of amides is 1. The molecule has 6 heteroatoms. The van der Waals surface area contributed by atoms with Crippen LogP contribution in [0, 0.1) is 6.92 Å². The maximum atomic E-state index is 12.3. The van der Waals surface area contributed by atoms with Gasteiger partial charge in [0.2, 0.25) is 5.91 Å². The van der Waals surface area contributed by atoms with Crippen LogP contribution in [0.2, 0.25) is 0 Å². The van der Waals surface area contributed by atoms with Gasteiger partial charge >= 0.3 is 0 Å². The van der Waals surface area contributed by atoms with Crippen molar-refractivity contribution in [1.82, 2.24) is 9.78 Å². The molecule has 2 heterocycles. The predicted molar refractivity (Wildman–Crippen MR) is 103 cm³/mol. The first-order valence-electron chi connectivity index (χ1n) is 7.35. The van der Waals surface area contributed by atoms with Crippen LogP contribution in [0.3, 0.4) is 0 Å². The topological polar surface area (TPSA) is 46.9 Å². The van der Waals surface area contributed by atoms with Gasteiger partial charge in [-0.2, -0.15) is 16.4 Å². The van der Waals surface area contributed by atoms with Crippen LogP contribution in [0.4, 0.5) is 5.82 Å². The van der Waals surface area contributed by atoms with Crippen molar-refractivity contribution in [3.63, 3.8) is 0 Å². The fourth-order valence-corrected chi connectivity index (χ4v) is 3.36. The summed E-state index contributed by atoms with van der Waals surface area (Å²) in [6.07, 6.45) is 3.34. The van der Waals surface area contributed by atoms with E-state index in [2.05, 4.69) is 26.3 Å². The molecule has 0 atom stereocenters. The number of anilines is 1. The van der Waals surface area contributed by atoms with Gasteiger partial charge in [-0.25, -0.2) is 0 Å². The van der Waals surface area contributed by atoms with E-state index in [0.29, 0.717) is 5.82 Å². The Balaban J connectivity index is 1.88. The number of aromatic nitrogens is 2. The van der Waals surface area contributed by atoms with Gasteiger partial charge in [-0.05, 0) is 53.1 Å². The van der Waals surface area contributed by atoms with E-state index in [-0.39, 0.29) is 5.91 Å². The number of thiophene rings is 1. The SMILES string of the molecule is Cc1nn(C)c(NC(=O)/C=C/c2ccsc2)c1-c1ccc(Br)cc1. The van der Waals surface area contributed by atoms with Gasteiger partial charge in [0.05, 0.1) is 5.69 Å². The summed E-state index contributed by atoms with van der Waals surface area (Å²) >= 11 is 5.04. The van der Waals surface area contributed by atoms with Gasteiger partial charge in [-0.3, -0.25) is 9.48 Å². The van der Waals surface area contributed by atoms with Gasteiger partial charge in [-0.1, -0.05) is 28.1 Å². The van der Waals surface area contributed by atoms with E-state index in [1.807, 2.05) is 55.1 Å². The Labute approximate surface area is 153 Å². The zero-order valence-electron chi connectivity index (χ0n) is 13.3. The third-order valence-corrected chi connectivity index (χ3v) is 4.80. The second-order valence-electron chi connectivity index (χ2n) is 5.32. The summed E-state index contributed by atoms with van der Waals surface area (Å²) in [4.78, 5) is 12.3. The lowest BCUT2D eigenvalue weighted by atomic mass is 10.1. The molecule has 3 aromatic rings. The molecule has 122 valence electrons. The molecular formula is C18H16BrN3OS. The first kappa shape index (κ1) is 16.7. The Morgan fingerprint density at radius 3 is 2.71 bits per heavy atom. The molecular weight excluding hydrogens is 386 g/mol. The van der Waals surface area contributed by atoms with Crippen LogP contribution in [-0.2, 0) is 11.8 Å². The van der Waals surface area contributed by atoms with Crippen molar-refractivity contribution in [2.45, 2.75) is 6.92 Å². The van der Waals surface area contributed by atoms with Crippen molar-refractivity contribution in [3.8, 4) is 11.1 Å². The molecule has 0 aliphatic carbocycles. The van der Waals surface area contributed by atoms with E-state index >= 15 is 0 Å². The number of carbonyl (C=O) groups is 1. The van der Waals surface area contributed by atoms with Crippen LogP contribution >= 0.6 is 27.3 Å². The lowest BCUT2D eigenvalue weighted by Crippen LogP contribution is -2.12. The van der Waals surface area contributed by atoms with E-state index in [4.69, 9.17) is 0 Å². The standard InChI is InChI=1S/C18H16BrN3OS/c1-12-17(14-4-6-15(19)7-5-14)18(22(2)21-12)20-16(23)8-3-13-9-10-24-11-13/h3-11H,1-2H3,(H,20,23)/b8-3+. The molecule has 0 fully saturated rings. The number of benzene rings is 1. The molecule has 1 amide bonds. The number of carbonyl (C=O) groups excluding carboxylic acids is 1. The number of nitrogens with one attached hydrogen (secondary N) is 1. The van der Waals surface area contributed by atoms with Crippen LogP contribution in [0.5, 0.6) is 0 Å². The molecule has 0 bridgehead atoms. The lowest BCUT2D eigenvalue weighted by Gasteiger charge is -2.07. The van der Waals surface area contributed by atoms with Gasteiger partial charge in [0.15, 0.2) is 0 Å². The van der Waals surface area contributed by atoms with Crippen molar-refractivity contribution in [2.24, 2.45) is 7.05 Å². The summed E-state index contributed by atoms with van der Waals surface area (Å²) < 4.78 is 2.71. The largest absolute Gasteiger partial charge is 0.307 e. The van der Waals surface area contributed by atoms with Crippen LogP contribution in [0.15, 0.2) is 51.6 Å². The van der Waals surface area contributed by atoms with Crippen LogP contribution < -0.4 is 5.32 Å². The molecule has 4 nitrogen and oxygen atoms in total. The number of aryl methyl sites for hydroxylation is 2. The first-order valence-corrected chi connectivity index (χ1v) is 9.09. The quantitative estimate of drug-likeness (QED) is 0.633. The van der Waals surface area contributed by atoms with Gasteiger partial charge < -0.3 is 5.32 Å². The highest BCUT2D eigenvalue weighted by Crippen LogP contribution is 2.31. The Morgan fingerprint density at radius 2 is 2.04 bits per heavy atom. The van der Waals surface area contributed by atoms with Crippen molar-refractivity contribution >= 4 is 45.1 Å². The third kappa shape index (κ3) is 3.66. The fourth-order valence-electron chi connectivity index (χ4n) is 2.46. The smallest absolute Gasteiger partial charge is 0.249 e. The Morgan fingerprint density at radius 1 is 1.29 bits per heavy atom. The first-order chi connectivity index (χ1) is 11.5. The number of nitrogens with zero attached hydrogens (tertiary/aromatic N) is 2. The molecule has 0 saturated heterocycles. The highest BCUT2D eigenvalue weighted by atomic mass is 79.9. The second kappa shape index (κ2) is 7.15. The van der Waals surface area contributed by atoms with Gasteiger partial charge in [-0.15, -0.1) is 0 Å². The Hall–Kier alpha value is -2.18. The molecule has 0 saturated carbocycles. The second-order valence-corrected chi connectivity index (χ2v) is 7.01. The minimum absolute atomic E-state index is 0.178. The van der Waals surface area contributed by atoms with E-state index in [0.717, 1.165) is 26.9 Å². The predicted octanol–water partition coefficient (Wildman–Crippen LogP) is 4.87. The average molecular weight is 402 g/mol. The van der Waals surface area contributed by atoms with Gasteiger partial charge in [0.1, 0.15) is 5.82 Å². The molecule has 0 radical (unpaired) electrons. The van der Waals surface area contributed by atoms with E-state index in [1.54, 1.807) is 22.1 Å². The maximum absolute atomic E-state index is 12.3. The monoisotopic (exact) mass is 401 g/mol. The zero-order chi connectivity index (χ0) is 17.1. The van der Waals surface area contributed by atoms with Crippen LogP contribution in [0.1, 0.15) is 11.3 Å². The molecule has 2 aromatic heterocycles. The van der Waals surface area contributed by atoms with Crippen molar-refractivity contribution in [3.05, 3.63) is 62.9 Å². The molecule has 24 heavy (non-hydrogen) atoms. The molecule has 1 aromatic carbocycles. The number of hydrogen-bond donors (Lipinski definition) is 1. The summed E-state index contributed by atoms with van der Waals surface area (Å²) in [6.45, 7) is 1.94. The summed E-state index contributed by atoms with van der Waals surface area (Å²) in [5.74, 6) is 0.511. The van der Waals surface area contributed by atoms with Crippen molar-refractivity contribution in [1.29, 1.82) is 0 Å². The minimum atomic E-state index is -0.178. The summed E-state index contributed by atoms with van der Waals surface area (Å²) in [7, 11) is 1.83. The van der Waals surface area contributed by atoms with Gasteiger partial charge in [0, 0.05) is 23.2 Å². The van der Waals surface area contributed by atoms with Crippen molar-refractivity contribution in [2.75, 3.05) is 5.32 Å². The van der Waals surface area contributed by atoms with E-state index in [1.165, 1.54) is 6.08 Å². The normalized spacial score (nSPS) is 11.1. The number of hydrogen-bond acceptors (Lipinski definition) is 3. The molecule has 0 unspecified atom stereocenters. The van der Waals surface area contributed by atoms with E-state index in [9.17, 15) is 4.79 Å². The van der Waals surface area contributed by atoms with Crippen LogP contribution in [0.25, 0.3) is 17.2 Å². The zero-order valence-corrected chi connectivity index (χ0v) is 15.7. The number of halogens is 1. The summed E-state index contributed by atoms with van der Waals surface area (Å²) in [5, 5.41) is 11.4. The minimum Gasteiger partial charge on any atom is -0.307 e. The maximum Gasteiger partial charge on any atom is 0.249 e. The molecule has 0 spiro atoms. The average Bonchev–Trinajstić information content (AvgIpc) is 3.15. The number of rotatable bonds is 4. The highest BCUT2D eigenvalue weighted by Gasteiger charge is 2.16. The molecule has 0 aliphatic rings. The van der Waals surface area contributed by atoms with Crippen molar-refractivity contribution < 1.29 is 4.79 Å². The van der Waals surface area contributed by atoms with Crippen LogP contribution in [-0.4, -0.2) is 15.7 Å². The highest BCUT2D eigenvalue weighted by molar-refractivity contribution is 9.10. The fraction of sp³-hybridized carbons (Fsp3) is 0.111. The van der Waals surface area contributed by atoms with Gasteiger partial charge in [0.25, 0.3) is 0 Å². The summed E-state index contributed by atoms with van der Waals surface area (Å²) in [5.41, 5.74) is 3.84.